The predicted octanol–water partition coefficient (Wildman–Crippen LogP) is 4.39. The van der Waals surface area contributed by atoms with Crippen molar-refractivity contribution in [1.29, 1.82) is 0 Å². The molecule has 1 saturated heterocycles. The van der Waals surface area contributed by atoms with Gasteiger partial charge in [-0.05, 0) is 36.4 Å². The molecule has 1 aromatic carbocycles. The van der Waals surface area contributed by atoms with Crippen LogP contribution in [0, 0.1) is 5.92 Å². The number of urea groups is 1. The molecule has 1 aliphatic rings. The lowest BCUT2D eigenvalue weighted by molar-refractivity contribution is -0.151. The summed E-state index contributed by atoms with van der Waals surface area (Å²) in [5, 5.41) is 8.79. The van der Waals surface area contributed by atoms with Gasteiger partial charge in [-0.1, -0.05) is 29.4 Å². The first-order chi connectivity index (χ1) is 14.2. The van der Waals surface area contributed by atoms with Crippen LogP contribution in [-0.2, 0) is 16.1 Å². The van der Waals surface area contributed by atoms with Crippen molar-refractivity contribution in [3.05, 3.63) is 59.6 Å². The summed E-state index contributed by atoms with van der Waals surface area (Å²) in [5.74, 6) is 0.206. The monoisotopic (exact) mass is 411 g/mol. The fourth-order valence-electron chi connectivity index (χ4n) is 3.22. The molecule has 7 nitrogen and oxygen atoms in total. The Hall–Kier alpha value is -3.13. The number of carbonyl (C=O) groups is 2. The van der Waals surface area contributed by atoms with Gasteiger partial charge >= 0.3 is 12.0 Å². The van der Waals surface area contributed by atoms with Crippen LogP contribution in [0.1, 0.15) is 18.5 Å². The van der Waals surface area contributed by atoms with Crippen molar-refractivity contribution >= 4 is 29.0 Å². The van der Waals surface area contributed by atoms with E-state index in [9.17, 15) is 9.59 Å². The zero-order valence-corrected chi connectivity index (χ0v) is 16.6. The number of aromatic nitrogens is 1. The van der Waals surface area contributed by atoms with Crippen LogP contribution in [0.3, 0.4) is 0 Å². The minimum Gasteiger partial charge on any atom is -0.459 e. The topological polar surface area (TPSA) is 84.7 Å². The minimum atomic E-state index is -0.256. The number of hydrogen-bond acceptors (Lipinski definition) is 6. The van der Waals surface area contributed by atoms with E-state index in [1.807, 2.05) is 47.8 Å². The minimum absolute atomic E-state index is 0.0857. The van der Waals surface area contributed by atoms with E-state index in [-0.39, 0.29) is 24.5 Å². The number of hydrogen-bond donors (Lipinski definition) is 1. The summed E-state index contributed by atoms with van der Waals surface area (Å²) in [4.78, 5) is 27.4. The molecule has 0 bridgehead atoms. The highest BCUT2D eigenvalue weighted by molar-refractivity contribution is 7.13. The number of anilines is 1. The van der Waals surface area contributed by atoms with E-state index in [0.29, 0.717) is 37.4 Å². The molecule has 0 radical (unpaired) electrons. The fourth-order valence-corrected chi connectivity index (χ4v) is 3.89. The van der Waals surface area contributed by atoms with Gasteiger partial charge in [-0.15, -0.1) is 11.3 Å². The second kappa shape index (κ2) is 8.91. The van der Waals surface area contributed by atoms with Gasteiger partial charge < -0.3 is 19.5 Å². The quantitative estimate of drug-likeness (QED) is 0.630. The number of likely N-dealkylation sites (tertiary alicyclic amines) is 1. The van der Waals surface area contributed by atoms with Crippen LogP contribution >= 0.6 is 11.3 Å². The Morgan fingerprint density at radius 3 is 2.69 bits per heavy atom. The van der Waals surface area contributed by atoms with E-state index < -0.39 is 0 Å². The van der Waals surface area contributed by atoms with Gasteiger partial charge in [0.05, 0.1) is 10.8 Å². The summed E-state index contributed by atoms with van der Waals surface area (Å²) >= 11 is 1.56. The third-order valence-corrected chi connectivity index (χ3v) is 5.71. The summed E-state index contributed by atoms with van der Waals surface area (Å²) in [5.41, 5.74) is 1.34. The molecule has 0 atom stereocenters. The maximum atomic E-state index is 12.4. The zero-order chi connectivity index (χ0) is 20.1. The Kier molecular flexibility index (Phi) is 5.90. The van der Waals surface area contributed by atoms with E-state index in [2.05, 4.69) is 10.5 Å². The lowest BCUT2D eigenvalue weighted by atomic mass is 9.97. The van der Waals surface area contributed by atoms with Crippen molar-refractivity contribution in [1.82, 2.24) is 10.1 Å². The number of benzene rings is 1. The number of ether oxygens (including phenoxy) is 1. The summed E-state index contributed by atoms with van der Waals surface area (Å²) in [7, 11) is 0. The molecule has 29 heavy (non-hydrogen) atoms. The molecule has 0 spiro atoms. The van der Waals surface area contributed by atoms with Crippen LogP contribution in [0.4, 0.5) is 10.5 Å². The molecule has 1 N–H and O–H groups in total. The van der Waals surface area contributed by atoms with Crippen molar-refractivity contribution in [2.24, 2.45) is 5.92 Å². The van der Waals surface area contributed by atoms with E-state index in [1.165, 1.54) is 0 Å². The average molecular weight is 411 g/mol. The largest absolute Gasteiger partial charge is 0.459 e. The third-order valence-electron chi connectivity index (χ3n) is 4.83. The number of nitrogens with zero attached hydrogens (tertiary/aromatic N) is 2. The van der Waals surface area contributed by atoms with Crippen LogP contribution < -0.4 is 5.32 Å². The molecule has 1 aliphatic heterocycles. The number of amides is 2. The zero-order valence-electron chi connectivity index (χ0n) is 15.7. The van der Waals surface area contributed by atoms with E-state index >= 15 is 0 Å². The Labute approximate surface area is 172 Å². The number of rotatable bonds is 5. The molecule has 4 rings (SSSR count). The first-order valence-electron chi connectivity index (χ1n) is 9.46. The van der Waals surface area contributed by atoms with Gasteiger partial charge in [0.15, 0.2) is 5.76 Å². The Balaban J connectivity index is 1.22. The summed E-state index contributed by atoms with van der Waals surface area (Å²) in [6.07, 6.45) is 1.17. The Bertz CT molecular complexity index is 947. The van der Waals surface area contributed by atoms with Crippen LogP contribution in [0.2, 0.25) is 0 Å². The van der Waals surface area contributed by atoms with Gasteiger partial charge in [0.2, 0.25) is 0 Å². The van der Waals surface area contributed by atoms with Gasteiger partial charge in [-0.2, -0.15) is 0 Å². The van der Waals surface area contributed by atoms with Crippen molar-refractivity contribution in [3.8, 4) is 10.6 Å². The molecule has 3 aromatic rings. The Morgan fingerprint density at radius 1 is 1.17 bits per heavy atom. The summed E-state index contributed by atoms with van der Waals surface area (Å²) < 4.78 is 10.7. The molecule has 150 valence electrons. The normalized spacial score (nSPS) is 14.6. The van der Waals surface area contributed by atoms with E-state index in [1.54, 1.807) is 22.3 Å². The highest BCUT2D eigenvalue weighted by Crippen LogP contribution is 2.26. The van der Waals surface area contributed by atoms with Gasteiger partial charge in [0, 0.05) is 24.8 Å². The predicted molar refractivity (Wildman–Crippen MR) is 109 cm³/mol. The lowest BCUT2D eigenvalue weighted by Gasteiger charge is -2.30. The first kappa shape index (κ1) is 19.2. The maximum Gasteiger partial charge on any atom is 0.321 e. The number of carbonyl (C=O) groups excluding carboxylic acids is 2. The van der Waals surface area contributed by atoms with E-state index in [4.69, 9.17) is 9.26 Å². The molecule has 2 aromatic heterocycles. The number of piperidine rings is 1. The van der Waals surface area contributed by atoms with Crippen LogP contribution in [0.5, 0.6) is 0 Å². The number of nitrogens with one attached hydrogen (secondary N) is 1. The molecular formula is C21H21N3O4S. The fraction of sp³-hybridized carbons (Fsp3) is 0.286. The summed E-state index contributed by atoms with van der Waals surface area (Å²) in [6, 6.07) is 14.9. The number of thiophene rings is 1. The second-order valence-corrected chi connectivity index (χ2v) is 7.77. The molecule has 8 heteroatoms. The molecule has 0 saturated carbocycles. The molecule has 1 fully saturated rings. The van der Waals surface area contributed by atoms with Gasteiger partial charge in [-0.25, -0.2) is 4.79 Å². The lowest BCUT2D eigenvalue weighted by Crippen LogP contribution is -2.42. The first-order valence-corrected chi connectivity index (χ1v) is 10.3. The van der Waals surface area contributed by atoms with Crippen LogP contribution in [-0.4, -0.2) is 35.1 Å². The van der Waals surface area contributed by atoms with Crippen molar-refractivity contribution in [3.63, 3.8) is 0 Å². The van der Waals surface area contributed by atoms with Crippen molar-refractivity contribution in [2.45, 2.75) is 19.4 Å². The van der Waals surface area contributed by atoms with Gasteiger partial charge in [0.25, 0.3) is 0 Å². The maximum absolute atomic E-state index is 12.4. The van der Waals surface area contributed by atoms with Crippen LogP contribution in [0.25, 0.3) is 10.6 Å². The number of para-hydroxylation sites is 1. The van der Waals surface area contributed by atoms with Gasteiger partial charge in [0.1, 0.15) is 12.3 Å². The number of esters is 1. The molecule has 0 unspecified atom stereocenters. The van der Waals surface area contributed by atoms with Gasteiger partial charge in [-0.3, -0.25) is 4.79 Å². The third kappa shape index (κ3) is 4.83. The molecule has 0 aliphatic carbocycles. The van der Waals surface area contributed by atoms with Crippen molar-refractivity contribution in [2.75, 3.05) is 18.4 Å². The highest BCUT2D eigenvalue weighted by Gasteiger charge is 2.28. The smallest absolute Gasteiger partial charge is 0.321 e. The second-order valence-electron chi connectivity index (χ2n) is 6.83. The van der Waals surface area contributed by atoms with E-state index in [0.717, 1.165) is 10.6 Å². The highest BCUT2D eigenvalue weighted by atomic mass is 32.1. The van der Waals surface area contributed by atoms with Crippen molar-refractivity contribution < 1.29 is 18.8 Å². The van der Waals surface area contributed by atoms with Crippen LogP contribution in [0.15, 0.2) is 58.4 Å². The SMILES string of the molecule is O=C(OCc1cc(-c2cccs2)on1)C1CCN(C(=O)Nc2ccccc2)CC1. The average Bonchev–Trinajstić information content (AvgIpc) is 3.45. The summed E-state index contributed by atoms with van der Waals surface area (Å²) in [6.45, 7) is 1.12. The Morgan fingerprint density at radius 2 is 1.97 bits per heavy atom. The standard InChI is InChI=1S/C21H21N3O4S/c25-20(27-14-17-13-18(28-23-17)19-7-4-12-29-19)15-8-10-24(11-9-15)21(26)22-16-5-2-1-3-6-16/h1-7,12-13,15H,8-11,14H2,(H,22,26). The molecule has 2 amide bonds. The molecule has 3 heterocycles. The molecular weight excluding hydrogens is 390 g/mol.